The van der Waals surface area contributed by atoms with Crippen LogP contribution in [0.2, 0.25) is 0 Å². The molecule has 0 aromatic carbocycles. The first kappa shape index (κ1) is 52.3. The lowest BCUT2D eigenvalue weighted by Gasteiger charge is -2.27. The van der Waals surface area contributed by atoms with Crippen molar-refractivity contribution in [1.82, 2.24) is 0 Å². The third-order valence-corrected chi connectivity index (χ3v) is 23.4. The predicted octanol–water partition coefficient (Wildman–Crippen LogP) is 18.5. The molecule has 0 aromatic heterocycles. The largest absolute Gasteiger partial charge is 0.395 e. The van der Waals surface area contributed by atoms with Crippen LogP contribution >= 0.6 is 94.1 Å². The van der Waals surface area contributed by atoms with Gasteiger partial charge in [0.25, 0.3) is 0 Å². The molecule has 2 atom stereocenters. The van der Waals surface area contributed by atoms with Crippen molar-refractivity contribution in [3.05, 3.63) is 25.4 Å². The van der Waals surface area contributed by atoms with Crippen molar-refractivity contribution in [3.8, 4) is 0 Å². The summed E-state index contributed by atoms with van der Waals surface area (Å²) in [7, 11) is 0. The van der Waals surface area contributed by atoms with Gasteiger partial charge in [0.2, 0.25) is 0 Å². The minimum Gasteiger partial charge on any atom is -0.395 e. The van der Waals surface area contributed by atoms with Crippen molar-refractivity contribution < 1.29 is 10.2 Å². The van der Waals surface area contributed by atoms with Gasteiger partial charge in [0.15, 0.2) is 0 Å². The minimum absolute atomic E-state index is 0.0832. The molecule has 2 nitrogen and oxygen atoms in total. The molecule has 0 radical (unpaired) electrons. The number of unbranched alkanes of at least 4 members (excludes halogenated alkanes) is 30. The van der Waals surface area contributed by atoms with E-state index in [0.29, 0.717) is 0 Å². The van der Waals surface area contributed by atoms with Gasteiger partial charge < -0.3 is 10.2 Å². The van der Waals surface area contributed by atoms with Crippen molar-refractivity contribution in [2.24, 2.45) is 0 Å². The Hall–Kier alpha value is 1.94. The van der Waals surface area contributed by atoms with Gasteiger partial charge in [0.05, 0.1) is 38.6 Å². The van der Waals surface area contributed by atoms with Crippen LogP contribution in [0, 0.1) is 0 Å². The minimum atomic E-state index is 0.0832. The highest BCUT2D eigenvalue weighted by atomic mass is 32.3. The molecule has 3 rings (SSSR count). The summed E-state index contributed by atoms with van der Waals surface area (Å²) in [4.78, 5) is 0. The molecule has 0 saturated carbocycles. The molecule has 0 saturated heterocycles. The van der Waals surface area contributed by atoms with Gasteiger partial charge >= 0.3 is 0 Å². The Bertz CT molecular complexity index is 1000. The number of rotatable bonds is 38. The van der Waals surface area contributed by atoms with Gasteiger partial charge in [-0.1, -0.05) is 254 Å². The lowest BCUT2D eigenvalue weighted by atomic mass is 10.0. The molecule has 0 spiro atoms. The maximum Gasteiger partial charge on any atom is 0.0717 e. The van der Waals surface area contributed by atoms with E-state index in [0.717, 1.165) is 0 Å². The van der Waals surface area contributed by atoms with E-state index >= 15 is 0 Å². The molecule has 0 bridgehead atoms. The lowest BCUT2D eigenvalue weighted by Crippen LogP contribution is -2.29. The number of hydrogen-bond acceptors (Lipinski definition) is 10. The summed E-state index contributed by atoms with van der Waals surface area (Å²) in [6.07, 6.45) is 45.6. The number of aliphatic hydroxyl groups is 2. The normalized spacial score (nSPS) is 18.6. The number of thioether (sulfide) groups is 8. The topological polar surface area (TPSA) is 40.5 Å². The van der Waals surface area contributed by atoms with Gasteiger partial charge in [-0.05, 0) is 24.3 Å². The highest BCUT2D eigenvalue weighted by Crippen LogP contribution is 2.68. The number of aliphatic hydroxyl groups excluding tert-OH is 2. The quantitative estimate of drug-likeness (QED) is 0.0585. The second-order valence-electron chi connectivity index (χ2n) is 16.1. The van der Waals surface area contributed by atoms with Crippen LogP contribution in [0.3, 0.4) is 0 Å². The molecule has 0 aliphatic carbocycles. The van der Waals surface area contributed by atoms with Crippen LogP contribution in [0.15, 0.2) is 25.4 Å². The zero-order valence-corrected chi connectivity index (χ0v) is 42.3. The maximum atomic E-state index is 9.93. The predicted molar refractivity (Wildman–Crippen MR) is 272 cm³/mol. The summed E-state index contributed by atoms with van der Waals surface area (Å²) in [5.41, 5.74) is 0. The van der Waals surface area contributed by atoms with Crippen molar-refractivity contribution in [1.29, 1.82) is 0 Å². The number of hydrogen-bond donors (Lipinski definition) is 2. The zero-order chi connectivity index (χ0) is 39.7. The van der Waals surface area contributed by atoms with Crippen LogP contribution < -0.4 is 0 Å². The van der Waals surface area contributed by atoms with Gasteiger partial charge in [-0.25, -0.2) is 0 Å². The van der Waals surface area contributed by atoms with Gasteiger partial charge in [0, 0.05) is 10.5 Å². The van der Waals surface area contributed by atoms with Crippen LogP contribution in [-0.2, 0) is 0 Å². The van der Waals surface area contributed by atoms with E-state index in [9.17, 15) is 10.2 Å². The summed E-state index contributed by atoms with van der Waals surface area (Å²) in [5, 5.41) is 20.0. The van der Waals surface area contributed by atoms with E-state index in [1.807, 2.05) is 47.0 Å². The third-order valence-electron chi connectivity index (χ3n) is 11.0. The second kappa shape index (κ2) is 36.4. The summed E-state index contributed by atoms with van der Waals surface area (Å²) in [6.45, 7) is 4.86. The fourth-order valence-corrected chi connectivity index (χ4v) is 20.1. The first-order chi connectivity index (χ1) is 27.7. The van der Waals surface area contributed by atoms with E-state index in [-0.39, 0.29) is 23.7 Å². The van der Waals surface area contributed by atoms with E-state index in [2.05, 4.69) is 37.4 Å². The zero-order valence-electron chi connectivity index (χ0n) is 35.8. The first-order valence-corrected chi connectivity index (χ1v) is 30.4. The maximum absolute atomic E-state index is 9.93. The fourth-order valence-electron chi connectivity index (χ4n) is 7.40. The molecule has 0 aromatic rings. The molecule has 2 N–H and O–H groups in total. The summed E-state index contributed by atoms with van der Waals surface area (Å²) < 4.78 is 8.65. The van der Waals surface area contributed by atoms with E-state index in [1.54, 1.807) is 32.0 Å². The van der Waals surface area contributed by atoms with Crippen molar-refractivity contribution >= 4 is 94.1 Å². The molecule has 3 heterocycles. The van der Waals surface area contributed by atoms with E-state index < -0.39 is 0 Å². The molecule has 0 fully saturated rings. The third kappa shape index (κ3) is 24.0. The van der Waals surface area contributed by atoms with E-state index in [4.69, 9.17) is 0 Å². The van der Waals surface area contributed by atoms with Gasteiger partial charge in [-0.2, -0.15) is 0 Å². The van der Waals surface area contributed by atoms with Crippen LogP contribution in [0.4, 0.5) is 0 Å². The molecule has 326 valence electrons. The molecular weight excluding hydrogens is 841 g/mol. The summed E-state index contributed by atoms with van der Waals surface area (Å²) in [6, 6.07) is 0. The van der Waals surface area contributed by atoms with Gasteiger partial charge in [-0.3, -0.25) is 0 Å². The molecule has 2 unspecified atom stereocenters. The van der Waals surface area contributed by atoms with E-state index in [1.165, 1.54) is 234 Å². The monoisotopic (exact) mass is 922 g/mol. The summed E-state index contributed by atoms with van der Waals surface area (Å²) in [5.74, 6) is 2.48. The van der Waals surface area contributed by atoms with Crippen LogP contribution in [0.25, 0.3) is 0 Å². The first-order valence-electron chi connectivity index (χ1n) is 23.4. The molecule has 10 heteroatoms. The fraction of sp³-hybridized carbons (Fsp3) is 0.870. The molecule has 3 aliphatic heterocycles. The van der Waals surface area contributed by atoms with Crippen molar-refractivity contribution in [2.45, 2.75) is 230 Å². The second-order valence-corrected chi connectivity index (χ2v) is 26.5. The highest BCUT2D eigenvalue weighted by molar-refractivity contribution is 8.45. The van der Waals surface area contributed by atoms with Crippen molar-refractivity contribution in [3.63, 3.8) is 0 Å². The molecule has 56 heavy (non-hydrogen) atoms. The Morgan fingerprint density at radius 3 is 0.857 bits per heavy atom. The SMILES string of the molecule is CCCCCCCCCCCCCCCCCCSC1=C(SCCCCCCCCCCCCCCCCCC)SC(=C2SC3=C(S2)SC(CO)C(CO)S3)S1. The molecular formula is C46H82O2S8. The Balaban J connectivity index is 1.28. The Morgan fingerprint density at radius 2 is 0.589 bits per heavy atom. The van der Waals surface area contributed by atoms with Crippen LogP contribution in [0.1, 0.15) is 219 Å². The van der Waals surface area contributed by atoms with Crippen molar-refractivity contribution in [2.75, 3.05) is 24.7 Å². The van der Waals surface area contributed by atoms with Crippen LogP contribution in [-0.4, -0.2) is 45.4 Å². The Kier molecular flexibility index (Phi) is 34.0. The standard InChI is InChI=1S/C46H82O2S8/c1-3-5-7-9-11-13-15-17-19-21-23-25-27-29-31-33-35-49-41-42(50-36-34-32-30-28-26-24-22-20-18-16-14-12-10-8-6-4-2)54-45(53-41)46-55-43-44(56-46)52-40(38-48)39(37-47)51-43/h39-40,47-48H,3-38H2,1-2H3. The Morgan fingerprint density at radius 1 is 0.339 bits per heavy atom. The average Bonchev–Trinajstić information content (AvgIpc) is 3.83. The highest BCUT2D eigenvalue weighted by Gasteiger charge is 2.38. The average molecular weight is 924 g/mol. The van der Waals surface area contributed by atoms with Gasteiger partial charge in [0.1, 0.15) is 0 Å². The summed E-state index contributed by atoms with van der Waals surface area (Å²) >= 11 is 15.7. The van der Waals surface area contributed by atoms with Crippen LogP contribution in [0.5, 0.6) is 0 Å². The Labute approximate surface area is 381 Å². The smallest absolute Gasteiger partial charge is 0.0717 e. The lowest BCUT2D eigenvalue weighted by molar-refractivity contribution is 0.253. The molecule has 0 amide bonds. The van der Waals surface area contributed by atoms with Gasteiger partial charge in [-0.15, -0.1) is 47.0 Å². The molecule has 3 aliphatic rings.